The number of fused-ring (bicyclic) bond motifs is 1. The van der Waals surface area contributed by atoms with Crippen molar-refractivity contribution < 1.29 is 23.8 Å². The van der Waals surface area contributed by atoms with Crippen LogP contribution >= 0.6 is 11.3 Å². The first-order chi connectivity index (χ1) is 17.6. The number of hydrogen-bond donors (Lipinski definition) is 1. The van der Waals surface area contributed by atoms with Crippen LogP contribution in [0.2, 0.25) is 0 Å². The van der Waals surface area contributed by atoms with Gasteiger partial charge < -0.3 is 24.4 Å². The van der Waals surface area contributed by atoms with E-state index in [4.69, 9.17) is 14.2 Å². The highest BCUT2D eigenvalue weighted by molar-refractivity contribution is 7.18. The zero-order chi connectivity index (χ0) is 24.9. The van der Waals surface area contributed by atoms with Crippen LogP contribution in [0.15, 0.2) is 42.5 Å². The average Bonchev–Trinajstić information content (AvgIpc) is 3.58. The van der Waals surface area contributed by atoms with E-state index in [9.17, 15) is 9.59 Å². The number of ether oxygens (including phenoxy) is 3. The Bertz CT molecular complexity index is 1240. The number of carbonyl (C=O) groups excluding carboxylic acids is 2. The minimum atomic E-state index is -0.211. The second-order valence-electron chi connectivity index (χ2n) is 8.77. The van der Waals surface area contributed by atoms with Gasteiger partial charge in [-0.2, -0.15) is 0 Å². The molecular formula is C26H28N4O5S. The highest BCUT2D eigenvalue weighted by Crippen LogP contribution is 2.37. The Morgan fingerprint density at radius 2 is 1.89 bits per heavy atom. The van der Waals surface area contributed by atoms with Crippen LogP contribution in [0.3, 0.4) is 0 Å². The van der Waals surface area contributed by atoms with E-state index in [-0.39, 0.29) is 31.1 Å². The SMILES string of the molecule is COc1ccccc1C(=O)N(CCC(=O)Nc1nnc(-c2ccc3c(c2)OCO3)s1)C1CCCCC1. The number of para-hydroxylation sites is 1. The summed E-state index contributed by atoms with van der Waals surface area (Å²) in [5.74, 6) is 1.58. The molecule has 2 aromatic carbocycles. The van der Waals surface area contributed by atoms with Gasteiger partial charge in [-0.1, -0.05) is 42.7 Å². The van der Waals surface area contributed by atoms with E-state index in [1.165, 1.54) is 17.8 Å². The lowest BCUT2D eigenvalue weighted by Gasteiger charge is -2.34. The van der Waals surface area contributed by atoms with Crippen molar-refractivity contribution in [3.05, 3.63) is 48.0 Å². The summed E-state index contributed by atoms with van der Waals surface area (Å²) in [7, 11) is 1.56. The van der Waals surface area contributed by atoms with Gasteiger partial charge in [-0.15, -0.1) is 10.2 Å². The Hall–Kier alpha value is -3.66. The fourth-order valence-corrected chi connectivity index (χ4v) is 5.40. The summed E-state index contributed by atoms with van der Waals surface area (Å²) in [5, 5.41) is 12.2. The van der Waals surface area contributed by atoms with Crippen LogP contribution in [-0.2, 0) is 4.79 Å². The number of methoxy groups -OCH3 is 1. The second-order valence-corrected chi connectivity index (χ2v) is 9.75. The lowest BCUT2D eigenvalue weighted by atomic mass is 9.93. The molecule has 0 bridgehead atoms. The van der Waals surface area contributed by atoms with E-state index in [0.29, 0.717) is 39.5 Å². The van der Waals surface area contributed by atoms with Gasteiger partial charge in [-0.25, -0.2) is 0 Å². The van der Waals surface area contributed by atoms with E-state index in [2.05, 4.69) is 15.5 Å². The van der Waals surface area contributed by atoms with Gasteiger partial charge in [0, 0.05) is 24.6 Å². The van der Waals surface area contributed by atoms with Crippen LogP contribution in [0, 0.1) is 0 Å². The smallest absolute Gasteiger partial charge is 0.257 e. The Labute approximate surface area is 213 Å². The van der Waals surface area contributed by atoms with Crippen molar-refractivity contribution in [2.75, 3.05) is 25.8 Å². The maximum Gasteiger partial charge on any atom is 0.257 e. The van der Waals surface area contributed by atoms with E-state index < -0.39 is 0 Å². The van der Waals surface area contributed by atoms with Crippen LogP contribution in [0.25, 0.3) is 10.6 Å². The van der Waals surface area contributed by atoms with Crippen molar-refractivity contribution in [2.24, 2.45) is 0 Å². The fourth-order valence-electron chi connectivity index (χ4n) is 4.64. The summed E-state index contributed by atoms with van der Waals surface area (Å²) >= 11 is 1.28. The number of nitrogens with zero attached hydrogens (tertiary/aromatic N) is 3. The van der Waals surface area contributed by atoms with E-state index in [1.54, 1.807) is 19.2 Å². The molecule has 3 aromatic rings. The normalized spacial score (nSPS) is 14.9. The van der Waals surface area contributed by atoms with Crippen LogP contribution < -0.4 is 19.5 Å². The zero-order valence-electron chi connectivity index (χ0n) is 20.1. The van der Waals surface area contributed by atoms with Crippen LogP contribution in [0.5, 0.6) is 17.2 Å². The summed E-state index contributed by atoms with van der Waals surface area (Å²) < 4.78 is 16.2. The van der Waals surface area contributed by atoms with Crippen molar-refractivity contribution in [1.29, 1.82) is 0 Å². The highest BCUT2D eigenvalue weighted by Gasteiger charge is 2.28. The maximum atomic E-state index is 13.5. The molecule has 188 valence electrons. The molecule has 36 heavy (non-hydrogen) atoms. The largest absolute Gasteiger partial charge is 0.496 e. The van der Waals surface area contributed by atoms with Gasteiger partial charge in [0.1, 0.15) is 10.8 Å². The fraction of sp³-hybridized carbons (Fsp3) is 0.385. The lowest BCUT2D eigenvalue weighted by molar-refractivity contribution is -0.116. The number of anilines is 1. The van der Waals surface area contributed by atoms with E-state index in [0.717, 1.165) is 31.2 Å². The van der Waals surface area contributed by atoms with Gasteiger partial charge in [0.2, 0.25) is 17.8 Å². The van der Waals surface area contributed by atoms with Crippen molar-refractivity contribution >= 4 is 28.3 Å². The molecule has 1 aliphatic heterocycles. The predicted molar refractivity (Wildman–Crippen MR) is 136 cm³/mol. The molecule has 2 aliphatic rings. The van der Waals surface area contributed by atoms with Gasteiger partial charge in [-0.05, 0) is 43.2 Å². The first kappa shape index (κ1) is 24.1. The topological polar surface area (TPSA) is 103 Å². The molecule has 0 spiro atoms. The molecule has 2 amide bonds. The number of amides is 2. The number of carbonyl (C=O) groups is 2. The Balaban J connectivity index is 1.24. The van der Waals surface area contributed by atoms with E-state index in [1.807, 2.05) is 35.2 Å². The minimum absolute atomic E-state index is 0.104. The summed E-state index contributed by atoms with van der Waals surface area (Å²) in [6.07, 6.45) is 5.39. The van der Waals surface area contributed by atoms with Crippen LogP contribution in [0.4, 0.5) is 5.13 Å². The molecule has 9 nitrogen and oxygen atoms in total. The summed E-state index contributed by atoms with van der Waals surface area (Å²) in [6, 6.07) is 12.9. The molecule has 0 unspecified atom stereocenters. The number of benzene rings is 2. The standard InChI is InChI=1S/C26H28N4O5S/c1-33-20-10-6-5-9-19(20)25(32)30(18-7-3-2-4-8-18)14-13-23(31)27-26-29-28-24(36-26)17-11-12-21-22(15-17)35-16-34-21/h5-6,9-12,15,18H,2-4,7-8,13-14,16H2,1H3,(H,27,29,31). The first-order valence-electron chi connectivity index (χ1n) is 12.1. The first-order valence-corrected chi connectivity index (χ1v) is 12.9. The Morgan fingerprint density at radius 1 is 1.08 bits per heavy atom. The van der Waals surface area contributed by atoms with Crippen molar-refractivity contribution in [1.82, 2.24) is 15.1 Å². The number of hydrogen-bond acceptors (Lipinski definition) is 8. The molecule has 10 heteroatoms. The molecule has 0 atom stereocenters. The molecular weight excluding hydrogens is 480 g/mol. The van der Waals surface area contributed by atoms with Crippen LogP contribution in [0.1, 0.15) is 48.9 Å². The third kappa shape index (κ3) is 5.28. The zero-order valence-corrected chi connectivity index (χ0v) is 20.9. The predicted octanol–water partition coefficient (Wildman–Crippen LogP) is 4.75. The van der Waals surface area contributed by atoms with Gasteiger partial charge >= 0.3 is 0 Å². The molecule has 2 heterocycles. The monoisotopic (exact) mass is 508 g/mol. The molecule has 0 radical (unpaired) electrons. The third-order valence-corrected chi connectivity index (χ3v) is 7.37. The number of aromatic nitrogens is 2. The summed E-state index contributed by atoms with van der Waals surface area (Å²) in [5.41, 5.74) is 1.35. The van der Waals surface area contributed by atoms with E-state index >= 15 is 0 Å². The van der Waals surface area contributed by atoms with Crippen molar-refractivity contribution in [2.45, 2.75) is 44.6 Å². The van der Waals surface area contributed by atoms with Gasteiger partial charge in [0.25, 0.3) is 5.91 Å². The molecule has 5 rings (SSSR count). The molecule has 1 fully saturated rings. The quantitative estimate of drug-likeness (QED) is 0.469. The lowest BCUT2D eigenvalue weighted by Crippen LogP contribution is -2.43. The van der Waals surface area contributed by atoms with Gasteiger partial charge in [0.05, 0.1) is 12.7 Å². The van der Waals surface area contributed by atoms with Gasteiger partial charge in [0.15, 0.2) is 11.5 Å². The number of nitrogens with one attached hydrogen (secondary N) is 1. The highest BCUT2D eigenvalue weighted by atomic mass is 32.1. The molecule has 1 saturated carbocycles. The molecule has 0 saturated heterocycles. The molecule has 1 aromatic heterocycles. The third-order valence-electron chi connectivity index (χ3n) is 6.48. The van der Waals surface area contributed by atoms with Gasteiger partial charge in [-0.3, -0.25) is 9.59 Å². The summed E-state index contributed by atoms with van der Waals surface area (Å²) in [4.78, 5) is 28.2. The summed E-state index contributed by atoms with van der Waals surface area (Å²) in [6.45, 7) is 0.523. The van der Waals surface area contributed by atoms with Crippen molar-refractivity contribution in [3.8, 4) is 27.8 Å². The maximum absolute atomic E-state index is 13.5. The average molecular weight is 509 g/mol. The van der Waals surface area contributed by atoms with Crippen LogP contribution in [-0.4, -0.2) is 53.4 Å². The molecule has 1 aliphatic carbocycles. The Kier molecular flexibility index (Phi) is 7.31. The second kappa shape index (κ2) is 10.9. The Morgan fingerprint density at radius 3 is 2.72 bits per heavy atom. The van der Waals surface area contributed by atoms with Crippen molar-refractivity contribution in [3.63, 3.8) is 0 Å². The molecule has 1 N–H and O–H groups in total. The number of rotatable bonds is 8. The minimum Gasteiger partial charge on any atom is -0.496 e.